The van der Waals surface area contributed by atoms with Gasteiger partial charge in [-0.25, -0.2) is 4.98 Å². The lowest BCUT2D eigenvalue weighted by atomic mass is 10.0. The lowest BCUT2D eigenvalue weighted by Crippen LogP contribution is -2.42. The first kappa shape index (κ1) is 24.9. The third-order valence-electron chi connectivity index (χ3n) is 6.42. The summed E-state index contributed by atoms with van der Waals surface area (Å²) >= 11 is 0. The van der Waals surface area contributed by atoms with E-state index < -0.39 is 8.32 Å². The Morgan fingerprint density at radius 1 is 1.03 bits per heavy atom. The maximum atomic E-state index is 12.3. The zero-order valence-electron chi connectivity index (χ0n) is 20.9. The molecule has 176 valence electrons. The van der Waals surface area contributed by atoms with Gasteiger partial charge in [-0.05, 0) is 47.7 Å². The summed E-state index contributed by atoms with van der Waals surface area (Å²) < 4.78 is 12.6. The van der Waals surface area contributed by atoms with E-state index in [2.05, 4.69) is 87.4 Å². The first-order chi connectivity index (χ1) is 15.5. The Morgan fingerprint density at radius 3 is 2.21 bits per heavy atom. The van der Waals surface area contributed by atoms with E-state index in [9.17, 15) is 4.79 Å². The molecular weight excluding hydrogens is 428 g/mol. The van der Waals surface area contributed by atoms with Crippen LogP contribution in [0.25, 0.3) is 11.1 Å². The Morgan fingerprint density at radius 2 is 1.64 bits per heavy atom. The van der Waals surface area contributed by atoms with Crippen molar-refractivity contribution in [3.63, 3.8) is 0 Å². The fraction of sp³-hybridized carbons (Fsp3) is 0.407. The van der Waals surface area contributed by atoms with E-state index in [0.29, 0.717) is 5.89 Å². The highest BCUT2D eigenvalue weighted by atomic mass is 28.4. The minimum atomic E-state index is -2.08. The van der Waals surface area contributed by atoms with Crippen molar-refractivity contribution in [2.24, 2.45) is 0 Å². The van der Waals surface area contributed by atoms with E-state index in [0.717, 1.165) is 12.8 Å². The fourth-order valence-corrected chi connectivity index (χ4v) is 4.60. The molecule has 3 aromatic rings. The maximum Gasteiger partial charge on any atom is 0.290 e. The van der Waals surface area contributed by atoms with E-state index in [4.69, 9.17) is 8.84 Å². The average Bonchev–Trinajstić information content (AvgIpc) is 3.26. The zero-order chi connectivity index (χ0) is 24.2. The largest absolute Gasteiger partial charge is 0.433 e. The molecule has 6 heteroatoms. The molecule has 0 aliphatic carbocycles. The van der Waals surface area contributed by atoms with Crippen LogP contribution in [0.2, 0.25) is 18.1 Å². The van der Waals surface area contributed by atoms with Crippen molar-refractivity contribution in [2.45, 2.75) is 57.8 Å². The van der Waals surface area contributed by atoms with Crippen LogP contribution in [0.5, 0.6) is 0 Å². The number of aromatic nitrogens is 1. The number of amides is 1. The van der Waals surface area contributed by atoms with Crippen LogP contribution < -0.4 is 0 Å². The summed E-state index contributed by atoms with van der Waals surface area (Å²) in [4.78, 5) is 18.2. The summed E-state index contributed by atoms with van der Waals surface area (Å²) in [5, 5.41) is 0.0530. The summed E-state index contributed by atoms with van der Waals surface area (Å²) in [5.41, 5.74) is 3.64. The summed E-state index contributed by atoms with van der Waals surface area (Å²) in [6.07, 6.45) is 2.76. The molecule has 0 aliphatic rings. The molecule has 0 fully saturated rings. The van der Waals surface area contributed by atoms with Crippen LogP contribution in [0.1, 0.15) is 55.3 Å². The number of benzene rings is 2. The molecule has 0 spiro atoms. The first-order valence-electron chi connectivity index (χ1n) is 11.5. The molecule has 0 N–H and O–H groups in total. The molecule has 1 atom stereocenters. The van der Waals surface area contributed by atoms with Crippen molar-refractivity contribution in [3.8, 4) is 11.1 Å². The summed E-state index contributed by atoms with van der Waals surface area (Å²) in [5.74, 6) is 0.522. The lowest BCUT2D eigenvalue weighted by molar-refractivity contribution is 0.0783. The fourth-order valence-electron chi connectivity index (χ4n) is 3.31. The molecule has 1 amide bonds. The number of carbonyl (C=O) groups excluding carboxylic acids is 1. The second kappa shape index (κ2) is 10.1. The standard InChI is InChI=1S/C27H36N2O3Si/c1-27(2,3)33(6,7)32-23(25-28-19-24(31-25)26(30)29(4)5)18-15-20-13-16-22(17-14-20)21-11-9-8-10-12-21/h8-14,16-17,19,23H,15,18H2,1-7H3. The Labute approximate surface area is 198 Å². The van der Waals surface area contributed by atoms with E-state index in [-0.39, 0.29) is 22.8 Å². The highest BCUT2D eigenvalue weighted by Crippen LogP contribution is 2.40. The van der Waals surface area contributed by atoms with Crippen LogP contribution in [0.3, 0.4) is 0 Å². The third-order valence-corrected chi connectivity index (χ3v) is 10.9. The average molecular weight is 465 g/mol. The van der Waals surface area contributed by atoms with Crippen molar-refractivity contribution >= 4 is 14.2 Å². The number of oxazole rings is 1. The second-order valence-electron chi connectivity index (χ2n) is 10.2. The normalized spacial score (nSPS) is 13.1. The van der Waals surface area contributed by atoms with Crippen molar-refractivity contribution in [1.82, 2.24) is 9.88 Å². The van der Waals surface area contributed by atoms with Gasteiger partial charge in [0.15, 0.2) is 8.32 Å². The zero-order valence-corrected chi connectivity index (χ0v) is 21.9. The van der Waals surface area contributed by atoms with Crippen LogP contribution in [0.15, 0.2) is 65.2 Å². The van der Waals surface area contributed by atoms with Gasteiger partial charge in [-0.15, -0.1) is 0 Å². The molecule has 0 aliphatic heterocycles. The molecular formula is C27H36N2O3Si. The van der Waals surface area contributed by atoms with E-state index >= 15 is 0 Å². The number of hydrogen-bond acceptors (Lipinski definition) is 4. The maximum absolute atomic E-state index is 12.3. The summed E-state index contributed by atoms with van der Waals surface area (Å²) in [6.45, 7) is 11.1. The number of aryl methyl sites for hydroxylation is 1. The second-order valence-corrected chi connectivity index (χ2v) is 15.0. The molecule has 2 aromatic carbocycles. The van der Waals surface area contributed by atoms with Crippen LogP contribution in [0, 0.1) is 0 Å². The van der Waals surface area contributed by atoms with Gasteiger partial charge in [0.05, 0.1) is 6.20 Å². The summed E-state index contributed by atoms with van der Waals surface area (Å²) in [6, 6.07) is 19.0. The smallest absolute Gasteiger partial charge is 0.290 e. The van der Waals surface area contributed by atoms with E-state index in [1.807, 2.05) is 6.07 Å². The van der Waals surface area contributed by atoms with Crippen LogP contribution in [-0.4, -0.2) is 38.2 Å². The molecule has 33 heavy (non-hydrogen) atoms. The van der Waals surface area contributed by atoms with Crippen LogP contribution in [0.4, 0.5) is 0 Å². The van der Waals surface area contributed by atoms with Gasteiger partial charge in [0, 0.05) is 14.1 Å². The lowest BCUT2D eigenvalue weighted by Gasteiger charge is -2.38. The predicted molar refractivity (Wildman–Crippen MR) is 136 cm³/mol. The van der Waals surface area contributed by atoms with E-state index in [1.165, 1.54) is 27.8 Å². The quantitative estimate of drug-likeness (QED) is 0.346. The van der Waals surface area contributed by atoms with Gasteiger partial charge in [0.2, 0.25) is 11.7 Å². The topological polar surface area (TPSA) is 55.6 Å². The highest BCUT2D eigenvalue weighted by molar-refractivity contribution is 6.74. The van der Waals surface area contributed by atoms with Crippen molar-refractivity contribution in [1.29, 1.82) is 0 Å². The number of carbonyl (C=O) groups is 1. The van der Waals surface area contributed by atoms with Gasteiger partial charge in [-0.2, -0.15) is 0 Å². The first-order valence-corrected chi connectivity index (χ1v) is 14.4. The number of hydrogen-bond donors (Lipinski definition) is 0. The molecule has 1 unspecified atom stereocenters. The third kappa shape index (κ3) is 6.21. The number of nitrogens with zero attached hydrogens (tertiary/aromatic N) is 2. The van der Waals surface area contributed by atoms with Crippen molar-refractivity contribution < 1.29 is 13.6 Å². The SMILES string of the molecule is CN(C)C(=O)c1cnc(C(CCc2ccc(-c3ccccc3)cc2)O[Si](C)(C)C(C)(C)C)o1. The van der Waals surface area contributed by atoms with Gasteiger partial charge in [-0.1, -0.05) is 75.4 Å². The van der Waals surface area contributed by atoms with Crippen molar-refractivity contribution in [3.05, 3.63) is 78.0 Å². The molecule has 1 heterocycles. The van der Waals surface area contributed by atoms with Gasteiger partial charge in [0.1, 0.15) is 6.10 Å². The molecule has 1 aromatic heterocycles. The van der Waals surface area contributed by atoms with Crippen LogP contribution >= 0.6 is 0 Å². The Kier molecular flexibility index (Phi) is 7.60. The minimum absolute atomic E-state index is 0.0530. The van der Waals surface area contributed by atoms with Gasteiger partial charge >= 0.3 is 0 Å². The monoisotopic (exact) mass is 464 g/mol. The Bertz CT molecular complexity index is 1050. The van der Waals surface area contributed by atoms with Gasteiger partial charge in [0.25, 0.3) is 5.91 Å². The molecule has 0 bridgehead atoms. The molecule has 0 saturated carbocycles. The predicted octanol–water partition coefficient (Wildman–Crippen LogP) is 6.74. The van der Waals surface area contributed by atoms with Crippen LogP contribution in [-0.2, 0) is 10.8 Å². The Balaban J connectivity index is 1.79. The molecule has 5 nitrogen and oxygen atoms in total. The Hall–Kier alpha value is -2.70. The highest BCUT2D eigenvalue weighted by Gasteiger charge is 2.40. The minimum Gasteiger partial charge on any atom is -0.433 e. The van der Waals surface area contributed by atoms with Crippen molar-refractivity contribution in [2.75, 3.05) is 14.1 Å². The summed E-state index contributed by atoms with van der Waals surface area (Å²) in [7, 11) is 1.33. The molecule has 0 saturated heterocycles. The molecule has 3 rings (SSSR count). The van der Waals surface area contributed by atoms with Gasteiger partial charge in [-0.3, -0.25) is 4.79 Å². The number of rotatable bonds is 8. The van der Waals surface area contributed by atoms with Gasteiger partial charge < -0.3 is 13.7 Å². The van der Waals surface area contributed by atoms with E-state index in [1.54, 1.807) is 14.1 Å². The molecule has 0 radical (unpaired) electrons.